The maximum atomic E-state index is 13.1. The molecule has 8 heteroatoms. The van der Waals surface area contributed by atoms with Gasteiger partial charge in [0, 0.05) is 38.2 Å². The van der Waals surface area contributed by atoms with Gasteiger partial charge in [-0.2, -0.15) is 0 Å². The molecule has 26 heavy (non-hydrogen) atoms. The van der Waals surface area contributed by atoms with Crippen LogP contribution in [0.15, 0.2) is 41.3 Å². The molecular weight excluding hydrogens is 354 g/mol. The zero-order valence-electron chi connectivity index (χ0n) is 14.4. The number of nitrogens with zero attached hydrogens (tertiary/aromatic N) is 4. The molecule has 1 atom stereocenters. The molecule has 3 aromatic rings. The van der Waals surface area contributed by atoms with E-state index in [1.54, 1.807) is 12.4 Å². The summed E-state index contributed by atoms with van der Waals surface area (Å²) in [6.07, 6.45) is 5.85. The van der Waals surface area contributed by atoms with Gasteiger partial charge in [-0.25, -0.2) is 4.98 Å². The molecule has 3 aromatic heterocycles. The Balaban J connectivity index is 0.00000196. The molecule has 0 aliphatic carbocycles. The molecule has 4 heterocycles. The number of rotatable bonds is 3. The second-order valence-electron chi connectivity index (χ2n) is 6.06. The Bertz CT molecular complexity index is 899. The molecule has 1 unspecified atom stereocenters. The second kappa shape index (κ2) is 7.80. The summed E-state index contributed by atoms with van der Waals surface area (Å²) < 4.78 is 5.21. The molecule has 0 aromatic carbocycles. The first-order valence-electron chi connectivity index (χ1n) is 8.44. The third-order valence-corrected chi connectivity index (χ3v) is 4.56. The minimum absolute atomic E-state index is 0. The average Bonchev–Trinajstić information content (AvgIpc) is 3.10. The summed E-state index contributed by atoms with van der Waals surface area (Å²) in [5, 5.41) is 8.17. The second-order valence-corrected chi connectivity index (χ2v) is 6.06. The number of hydrogen-bond acceptors (Lipinski definition) is 6. The molecule has 1 aliphatic rings. The number of carbonyl (C=O) groups excluding carboxylic acids is 1. The fourth-order valence-corrected chi connectivity index (χ4v) is 3.24. The van der Waals surface area contributed by atoms with Gasteiger partial charge in [-0.1, -0.05) is 18.1 Å². The van der Waals surface area contributed by atoms with E-state index in [0.29, 0.717) is 24.4 Å². The Morgan fingerprint density at radius 3 is 3.08 bits per heavy atom. The topological polar surface area (TPSA) is 84.2 Å². The Hall–Kier alpha value is -2.51. The van der Waals surface area contributed by atoms with Crippen LogP contribution in [0.4, 0.5) is 0 Å². The highest BCUT2D eigenvalue weighted by Crippen LogP contribution is 2.25. The van der Waals surface area contributed by atoms with Gasteiger partial charge in [0.2, 0.25) is 0 Å². The summed E-state index contributed by atoms with van der Waals surface area (Å²) >= 11 is 0. The number of halogens is 1. The molecule has 1 aliphatic heterocycles. The van der Waals surface area contributed by atoms with Crippen LogP contribution >= 0.6 is 12.4 Å². The first kappa shape index (κ1) is 18.3. The predicted molar refractivity (Wildman–Crippen MR) is 99.3 cm³/mol. The largest absolute Gasteiger partial charge is 0.336 e. The predicted octanol–water partition coefficient (Wildman–Crippen LogP) is 2.39. The van der Waals surface area contributed by atoms with Crippen molar-refractivity contribution in [2.45, 2.75) is 19.4 Å². The lowest BCUT2D eigenvalue weighted by molar-refractivity contribution is 0.0634. The Labute approximate surface area is 157 Å². The van der Waals surface area contributed by atoms with Crippen molar-refractivity contribution in [3.05, 3.63) is 53.6 Å². The number of amides is 1. The molecule has 4 rings (SSSR count). The molecule has 1 saturated heterocycles. The lowest BCUT2D eigenvalue weighted by atomic mass is 10.0. The number of piperazine rings is 1. The van der Waals surface area contributed by atoms with Gasteiger partial charge >= 0.3 is 0 Å². The molecule has 1 fully saturated rings. The maximum Gasteiger partial charge on any atom is 0.257 e. The van der Waals surface area contributed by atoms with E-state index < -0.39 is 0 Å². The van der Waals surface area contributed by atoms with Crippen LogP contribution in [-0.2, 0) is 6.42 Å². The van der Waals surface area contributed by atoms with Crippen LogP contribution < -0.4 is 5.32 Å². The number of nitrogens with one attached hydrogen (secondary N) is 1. The highest BCUT2D eigenvalue weighted by Gasteiger charge is 2.29. The lowest BCUT2D eigenvalue weighted by Crippen LogP contribution is -2.48. The molecule has 0 radical (unpaired) electrons. The van der Waals surface area contributed by atoms with E-state index >= 15 is 0 Å². The molecule has 1 amide bonds. The maximum absolute atomic E-state index is 13.1. The normalized spacial score (nSPS) is 17.1. The van der Waals surface area contributed by atoms with Crippen molar-refractivity contribution in [1.29, 1.82) is 0 Å². The van der Waals surface area contributed by atoms with Gasteiger partial charge < -0.3 is 14.7 Å². The summed E-state index contributed by atoms with van der Waals surface area (Å²) in [5.74, 6) is -0.0343. The Morgan fingerprint density at radius 2 is 2.31 bits per heavy atom. The Kier molecular flexibility index (Phi) is 5.49. The number of fused-ring (bicyclic) bond motifs is 1. The fourth-order valence-electron chi connectivity index (χ4n) is 3.24. The van der Waals surface area contributed by atoms with Crippen molar-refractivity contribution in [1.82, 2.24) is 25.3 Å². The summed E-state index contributed by atoms with van der Waals surface area (Å²) in [7, 11) is 0. The van der Waals surface area contributed by atoms with Crippen LogP contribution in [0, 0.1) is 0 Å². The molecule has 0 saturated carbocycles. The SMILES string of the molecule is CCc1noc2ncc(C(=O)N3CCNCC3c3cccnc3)cc12.Cl. The highest BCUT2D eigenvalue weighted by atomic mass is 35.5. The van der Waals surface area contributed by atoms with Gasteiger partial charge in [-0.15, -0.1) is 12.4 Å². The standard InChI is InChI=1S/C18H19N5O2.ClH/c1-2-15-14-8-13(10-21-17(14)25-22-15)18(24)23-7-6-20-11-16(23)12-4-3-5-19-9-12;/h3-5,8-10,16,20H,2,6-7,11H2,1H3;1H. The van der Waals surface area contributed by atoms with Crippen molar-refractivity contribution in [2.24, 2.45) is 0 Å². The minimum atomic E-state index is -0.0428. The quantitative estimate of drug-likeness (QED) is 0.758. The average molecular weight is 374 g/mol. The van der Waals surface area contributed by atoms with Gasteiger partial charge in [-0.3, -0.25) is 9.78 Å². The van der Waals surface area contributed by atoms with Crippen molar-refractivity contribution >= 4 is 29.4 Å². The highest BCUT2D eigenvalue weighted by molar-refractivity contribution is 5.97. The third-order valence-electron chi connectivity index (χ3n) is 4.56. The van der Waals surface area contributed by atoms with Crippen LogP contribution in [0.25, 0.3) is 11.1 Å². The number of hydrogen-bond donors (Lipinski definition) is 1. The zero-order valence-corrected chi connectivity index (χ0v) is 15.2. The molecule has 0 bridgehead atoms. The van der Waals surface area contributed by atoms with Gasteiger partial charge in [0.25, 0.3) is 11.6 Å². The number of aryl methyl sites for hydroxylation is 1. The fraction of sp³-hybridized carbons (Fsp3) is 0.333. The molecular formula is C18H20ClN5O2. The summed E-state index contributed by atoms with van der Waals surface area (Å²) in [5.41, 5.74) is 2.87. The van der Waals surface area contributed by atoms with Crippen LogP contribution in [0.2, 0.25) is 0 Å². The molecule has 1 N–H and O–H groups in total. The third kappa shape index (κ3) is 3.27. The Morgan fingerprint density at radius 1 is 1.42 bits per heavy atom. The number of pyridine rings is 2. The van der Waals surface area contributed by atoms with E-state index in [0.717, 1.165) is 29.6 Å². The van der Waals surface area contributed by atoms with E-state index in [4.69, 9.17) is 4.52 Å². The van der Waals surface area contributed by atoms with Crippen molar-refractivity contribution < 1.29 is 9.32 Å². The van der Waals surface area contributed by atoms with Crippen molar-refractivity contribution in [3.63, 3.8) is 0 Å². The van der Waals surface area contributed by atoms with E-state index in [1.807, 2.05) is 36.2 Å². The smallest absolute Gasteiger partial charge is 0.257 e. The molecule has 7 nitrogen and oxygen atoms in total. The van der Waals surface area contributed by atoms with E-state index in [2.05, 4.69) is 20.4 Å². The first-order chi connectivity index (χ1) is 12.3. The van der Waals surface area contributed by atoms with Crippen LogP contribution in [0.5, 0.6) is 0 Å². The number of carbonyl (C=O) groups is 1. The van der Waals surface area contributed by atoms with Crippen LogP contribution in [0.3, 0.4) is 0 Å². The summed E-state index contributed by atoms with van der Waals surface area (Å²) in [6, 6.07) is 5.69. The van der Waals surface area contributed by atoms with E-state index in [-0.39, 0.29) is 24.4 Å². The van der Waals surface area contributed by atoms with Gasteiger partial charge in [0.1, 0.15) is 0 Å². The number of aromatic nitrogens is 3. The van der Waals surface area contributed by atoms with E-state index in [9.17, 15) is 4.79 Å². The minimum Gasteiger partial charge on any atom is -0.336 e. The lowest BCUT2D eigenvalue weighted by Gasteiger charge is -2.36. The van der Waals surface area contributed by atoms with Crippen LogP contribution in [-0.4, -0.2) is 45.6 Å². The van der Waals surface area contributed by atoms with Crippen molar-refractivity contribution in [2.75, 3.05) is 19.6 Å². The van der Waals surface area contributed by atoms with Crippen molar-refractivity contribution in [3.8, 4) is 0 Å². The van der Waals surface area contributed by atoms with E-state index in [1.165, 1.54) is 0 Å². The summed E-state index contributed by atoms with van der Waals surface area (Å²) in [6.45, 7) is 4.12. The monoisotopic (exact) mass is 373 g/mol. The van der Waals surface area contributed by atoms with Crippen LogP contribution in [0.1, 0.15) is 34.6 Å². The summed E-state index contributed by atoms with van der Waals surface area (Å²) in [4.78, 5) is 23.5. The molecule has 136 valence electrons. The molecule has 0 spiro atoms. The van der Waals surface area contributed by atoms with Gasteiger partial charge in [0.05, 0.1) is 22.7 Å². The zero-order chi connectivity index (χ0) is 17.2. The first-order valence-corrected chi connectivity index (χ1v) is 8.44. The van der Waals surface area contributed by atoms with Gasteiger partial charge in [0.15, 0.2) is 0 Å². The van der Waals surface area contributed by atoms with Gasteiger partial charge in [-0.05, 0) is 24.1 Å².